The molecule has 0 bridgehead atoms. The van der Waals surface area contributed by atoms with Crippen LogP contribution in [0.1, 0.15) is 39.0 Å². The molecule has 0 fully saturated rings. The van der Waals surface area contributed by atoms with Crippen molar-refractivity contribution in [3.8, 4) is 0 Å². The normalized spacial score (nSPS) is 12.3. The standard InChI is InChI=1S/C16H37N5OS/c1-2-13-23-14-15(18)16(22)21-12-6-11-20-9-4-3-8-19-10-5-7-17/h15,19-20H,2-14,17-18H2,1H3,(H,21,22)/t15-/m0/s1. The van der Waals surface area contributed by atoms with Gasteiger partial charge in [0.25, 0.3) is 0 Å². The average molecular weight is 348 g/mol. The Morgan fingerprint density at radius 3 is 2.22 bits per heavy atom. The molecule has 0 unspecified atom stereocenters. The van der Waals surface area contributed by atoms with Gasteiger partial charge in [0.1, 0.15) is 0 Å². The molecule has 23 heavy (non-hydrogen) atoms. The van der Waals surface area contributed by atoms with Gasteiger partial charge in [0, 0.05) is 12.3 Å². The van der Waals surface area contributed by atoms with E-state index in [9.17, 15) is 4.79 Å². The van der Waals surface area contributed by atoms with Crippen molar-refractivity contribution in [2.45, 2.75) is 45.1 Å². The summed E-state index contributed by atoms with van der Waals surface area (Å²) in [5.74, 6) is 1.74. The molecule has 1 atom stereocenters. The number of nitrogens with one attached hydrogen (secondary N) is 3. The molecule has 0 radical (unpaired) electrons. The highest BCUT2D eigenvalue weighted by atomic mass is 32.2. The molecule has 0 aliphatic rings. The maximum atomic E-state index is 11.7. The Bertz CT molecular complexity index is 269. The first-order valence-electron chi connectivity index (χ1n) is 8.94. The van der Waals surface area contributed by atoms with Gasteiger partial charge < -0.3 is 27.4 Å². The smallest absolute Gasteiger partial charge is 0.237 e. The van der Waals surface area contributed by atoms with Crippen LogP contribution in [0.2, 0.25) is 0 Å². The summed E-state index contributed by atoms with van der Waals surface area (Å²) in [4.78, 5) is 11.7. The third-order valence-electron chi connectivity index (χ3n) is 3.33. The average Bonchev–Trinajstić information content (AvgIpc) is 2.55. The SMILES string of the molecule is CCCSC[C@H](N)C(=O)NCCCNCCCCNCCCN. The molecular weight excluding hydrogens is 310 g/mol. The lowest BCUT2D eigenvalue weighted by atomic mass is 10.3. The third kappa shape index (κ3) is 16.3. The molecule has 1 amide bonds. The molecule has 0 saturated heterocycles. The van der Waals surface area contributed by atoms with Crippen molar-refractivity contribution in [1.82, 2.24) is 16.0 Å². The Hall–Kier alpha value is -0.340. The summed E-state index contributed by atoms with van der Waals surface area (Å²) in [6.07, 6.45) is 5.45. The second-order valence-electron chi connectivity index (χ2n) is 5.68. The fourth-order valence-electron chi connectivity index (χ4n) is 1.96. The van der Waals surface area contributed by atoms with Crippen LogP contribution in [-0.4, -0.2) is 62.7 Å². The zero-order chi connectivity index (χ0) is 17.2. The van der Waals surface area contributed by atoms with Gasteiger partial charge in [-0.25, -0.2) is 0 Å². The van der Waals surface area contributed by atoms with E-state index in [2.05, 4.69) is 22.9 Å². The van der Waals surface area contributed by atoms with Crippen LogP contribution in [0.3, 0.4) is 0 Å². The monoisotopic (exact) mass is 347 g/mol. The Kier molecular flexibility index (Phi) is 17.7. The number of carbonyl (C=O) groups excluding carboxylic acids is 1. The van der Waals surface area contributed by atoms with E-state index in [1.165, 1.54) is 12.8 Å². The van der Waals surface area contributed by atoms with E-state index in [1.54, 1.807) is 11.8 Å². The molecular formula is C16H37N5OS. The predicted molar refractivity (Wildman–Crippen MR) is 102 cm³/mol. The predicted octanol–water partition coefficient (Wildman–Crippen LogP) is 0.271. The Labute approximate surface area is 146 Å². The molecule has 0 aliphatic heterocycles. The highest BCUT2D eigenvalue weighted by Gasteiger charge is 2.11. The van der Waals surface area contributed by atoms with E-state index in [4.69, 9.17) is 11.5 Å². The molecule has 7 N–H and O–H groups in total. The molecule has 7 heteroatoms. The van der Waals surface area contributed by atoms with E-state index in [0.717, 1.165) is 57.7 Å². The first-order chi connectivity index (χ1) is 11.2. The minimum absolute atomic E-state index is 0.0304. The fourth-order valence-corrected chi connectivity index (χ4v) is 2.82. The molecule has 0 heterocycles. The summed E-state index contributed by atoms with van der Waals surface area (Å²) in [5.41, 5.74) is 11.3. The highest BCUT2D eigenvalue weighted by molar-refractivity contribution is 7.99. The molecule has 138 valence electrons. The zero-order valence-corrected chi connectivity index (χ0v) is 15.6. The number of rotatable bonds is 17. The van der Waals surface area contributed by atoms with Crippen LogP contribution in [0.25, 0.3) is 0 Å². The summed E-state index contributed by atoms with van der Waals surface area (Å²) in [6, 6.07) is -0.383. The summed E-state index contributed by atoms with van der Waals surface area (Å²) >= 11 is 1.74. The lowest BCUT2D eigenvalue weighted by Gasteiger charge is -2.12. The van der Waals surface area contributed by atoms with Crippen LogP contribution in [-0.2, 0) is 4.79 Å². The van der Waals surface area contributed by atoms with Gasteiger partial charge in [0.15, 0.2) is 0 Å². The summed E-state index contributed by atoms with van der Waals surface area (Å²) in [6.45, 7) is 7.62. The van der Waals surface area contributed by atoms with Crippen LogP contribution in [0, 0.1) is 0 Å². The summed E-state index contributed by atoms with van der Waals surface area (Å²) < 4.78 is 0. The van der Waals surface area contributed by atoms with E-state index < -0.39 is 0 Å². The van der Waals surface area contributed by atoms with E-state index in [-0.39, 0.29) is 11.9 Å². The molecule has 0 aromatic carbocycles. The number of hydrogen-bond donors (Lipinski definition) is 5. The number of nitrogens with two attached hydrogens (primary N) is 2. The van der Waals surface area contributed by atoms with Crippen LogP contribution in [0.4, 0.5) is 0 Å². The van der Waals surface area contributed by atoms with Gasteiger partial charge in [-0.15, -0.1) is 0 Å². The molecule has 0 saturated carbocycles. The van der Waals surface area contributed by atoms with Gasteiger partial charge in [-0.3, -0.25) is 4.79 Å². The summed E-state index contributed by atoms with van der Waals surface area (Å²) in [5, 5.41) is 9.67. The van der Waals surface area contributed by atoms with Crippen molar-refractivity contribution < 1.29 is 4.79 Å². The third-order valence-corrected chi connectivity index (χ3v) is 4.62. The van der Waals surface area contributed by atoms with Gasteiger partial charge >= 0.3 is 0 Å². The van der Waals surface area contributed by atoms with Gasteiger partial charge in [0.2, 0.25) is 5.91 Å². The van der Waals surface area contributed by atoms with Crippen LogP contribution >= 0.6 is 11.8 Å². The molecule has 6 nitrogen and oxygen atoms in total. The van der Waals surface area contributed by atoms with E-state index in [0.29, 0.717) is 12.3 Å². The quantitative estimate of drug-likeness (QED) is 0.242. The molecule has 0 aromatic heterocycles. The zero-order valence-electron chi connectivity index (χ0n) is 14.7. The van der Waals surface area contributed by atoms with Crippen LogP contribution < -0.4 is 27.4 Å². The molecule has 0 aliphatic carbocycles. The molecule has 0 aromatic rings. The number of carbonyl (C=O) groups is 1. The minimum atomic E-state index is -0.383. The fraction of sp³-hybridized carbons (Fsp3) is 0.938. The van der Waals surface area contributed by atoms with E-state index >= 15 is 0 Å². The first-order valence-corrected chi connectivity index (χ1v) is 10.1. The van der Waals surface area contributed by atoms with Gasteiger partial charge in [-0.05, 0) is 70.6 Å². The van der Waals surface area contributed by atoms with Gasteiger partial charge in [0.05, 0.1) is 6.04 Å². The van der Waals surface area contributed by atoms with Crippen LogP contribution in [0.5, 0.6) is 0 Å². The highest BCUT2D eigenvalue weighted by Crippen LogP contribution is 2.03. The number of thioether (sulfide) groups is 1. The lowest BCUT2D eigenvalue weighted by molar-refractivity contribution is -0.121. The van der Waals surface area contributed by atoms with Crippen molar-refractivity contribution in [3.63, 3.8) is 0 Å². The second kappa shape index (κ2) is 18.0. The van der Waals surface area contributed by atoms with Crippen molar-refractivity contribution >= 4 is 17.7 Å². The largest absolute Gasteiger partial charge is 0.355 e. The Morgan fingerprint density at radius 1 is 1.00 bits per heavy atom. The van der Waals surface area contributed by atoms with E-state index in [1.807, 2.05) is 0 Å². The Balaban J connectivity index is 3.24. The summed E-state index contributed by atoms with van der Waals surface area (Å²) in [7, 11) is 0. The molecule has 0 rings (SSSR count). The van der Waals surface area contributed by atoms with Crippen molar-refractivity contribution in [2.24, 2.45) is 11.5 Å². The van der Waals surface area contributed by atoms with Crippen molar-refractivity contribution in [3.05, 3.63) is 0 Å². The number of hydrogen-bond acceptors (Lipinski definition) is 6. The minimum Gasteiger partial charge on any atom is -0.355 e. The maximum Gasteiger partial charge on any atom is 0.237 e. The topological polar surface area (TPSA) is 105 Å². The number of amides is 1. The van der Waals surface area contributed by atoms with Gasteiger partial charge in [-0.1, -0.05) is 6.92 Å². The number of unbranched alkanes of at least 4 members (excludes halogenated alkanes) is 1. The van der Waals surface area contributed by atoms with Crippen LogP contribution in [0.15, 0.2) is 0 Å². The molecule has 0 spiro atoms. The second-order valence-corrected chi connectivity index (χ2v) is 6.83. The van der Waals surface area contributed by atoms with Crippen molar-refractivity contribution in [1.29, 1.82) is 0 Å². The van der Waals surface area contributed by atoms with Crippen molar-refractivity contribution in [2.75, 3.05) is 50.8 Å². The Morgan fingerprint density at radius 2 is 1.61 bits per heavy atom. The lowest BCUT2D eigenvalue weighted by Crippen LogP contribution is -2.43. The maximum absolute atomic E-state index is 11.7. The first kappa shape index (κ1) is 22.7. The van der Waals surface area contributed by atoms with Gasteiger partial charge in [-0.2, -0.15) is 11.8 Å².